The van der Waals surface area contributed by atoms with Gasteiger partial charge in [-0.25, -0.2) is 0 Å². The SMILES string of the molecule is C#C[Si](C)(C)C.C=C[Si](OC)(OC)OC.CO[SiH](CO)OC.CO[Si](/C=C/[Si](C)(C)C)(OC)OC. The van der Waals surface area contributed by atoms with Crippen LogP contribution in [-0.4, -0.2) is 111 Å². The fourth-order valence-corrected chi connectivity index (χ4v) is 6.77. The standard InChI is InChI=1S/C8H20O3Si2.C5H12O3Si.C5H10Si.C3H10O3Si/c1-9-13(10-2,11-3)8-7-12(4,5)6;1-5-9(6-2,7-3)8-4;1-5-6(2,3)4;1-5-7(3-4)6-2/h7-8H,1-6H3;5H,1H2,2-4H3;1H,2-4H3;4,7H,3H2,1-2H3/b8-7+;;;. The number of aliphatic hydroxyl groups excluding tert-OH is 1. The molecule has 0 aliphatic rings. The maximum Gasteiger partial charge on any atom is 0.528 e. The third kappa shape index (κ3) is 25.2. The second-order valence-corrected chi connectivity index (χ2v) is 26.4. The molecular weight excluding hydrogens is 537 g/mol. The monoisotopic (exact) mass is 588 g/mol. The smallest absolute Gasteiger partial charge is 0.399 e. The van der Waals surface area contributed by atoms with Gasteiger partial charge in [-0.2, -0.15) is 0 Å². The quantitative estimate of drug-likeness (QED) is 0.273. The van der Waals surface area contributed by atoms with Crippen LogP contribution in [0.4, 0.5) is 0 Å². The minimum Gasteiger partial charge on any atom is -0.399 e. The molecule has 1 N–H and O–H groups in total. The molecule has 0 atom stereocenters. The molecule has 0 spiro atoms. The predicted molar refractivity (Wildman–Crippen MR) is 157 cm³/mol. The Labute approximate surface area is 221 Å². The Morgan fingerprint density at radius 3 is 1.11 bits per heavy atom. The Morgan fingerprint density at radius 1 is 0.714 bits per heavy atom. The molecule has 0 fully saturated rings. The highest BCUT2D eigenvalue weighted by Gasteiger charge is 2.35. The molecule has 0 saturated carbocycles. The number of aliphatic hydroxyl groups is 1. The van der Waals surface area contributed by atoms with Gasteiger partial charge in [0, 0.05) is 56.9 Å². The first-order valence-electron chi connectivity index (χ1n) is 10.8. The van der Waals surface area contributed by atoms with E-state index in [0.29, 0.717) is 0 Å². The summed E-state index contributed by atoms with van der Waals surface area (Å²) < 4.78 is 40.1. The molecule has 0 rings (SSSR count). The second-order valence-electron chi connectivity index (χ2n) is 8.81. The summed E-state index contributed by atoms with van der Waals surface area (Å²) in [5.74, 6) is 0. The average molecular weight is 589 g/mol. The number of hydrogen-bond acceptors (Lipinski definition) is 9. The van der Waals surface area contributed by atoms with Crippen LogP contribution in [0.3, 0.4) is 0 Å². The lowest BCUT2D eigenvalue weighted by molar-refractivity contribution is 0.138. The Kier molecular flexibility index (Phi) is 27.4. The van der Waals surface area contributed by atoms with E-state index in [1.807, 2.05) is 5.70 Å². The first-order chi connectivity index (χ1) is 16.0. The fraction of sp³-hybridized carbons (Fsp3) is 0.714. The van der Waals surface area contributed by atoms with E-state index in [4.69, 9.17) is 46.9 Å². The molecule has 14 heteroatoms. The van der Waals surface area contributed by atoms with Gasteiger partial charge in [-0.3, -0.25) is 0 Å². The maximum absolute atomic E-state index is 8.34. The highest BCUT2D eigenvalue weighted by molar-refractivity contribution is 6.83. The van der Waals surface area contributed by atoms with E-state index in [-0.39, 0.29) is 6.23 Å². The van der Waals surface area contributed by atoms with Crippen molar-refractivity contribution in [1.29, 1.82) is 0 Å². The molecule has 0 amide bonds. The van der Waals surface area contributed by atoms with Gasteiger partial charge < -0.3 is 40.5 Å². The van der Waals surface area contributed by atoms with Crippen molar-refractivity contribution in [3.63, 3.8) is 0 Å². The van der Waals surface area contributed by atoms with Gasteiger partial charge in [0.1, 0.15) is 8.07 Å². The van der Waals surface area contributed by atoms with Gasteiger partial charge in [0.05, 0.1) is 14.3 Å². The molecule has 0 unspecified atom stereocenters. The van der Waals surface area contributed by atoms with Crippen molar-refractivity contribution in [2.45, 2.75) is 39.3 Å². The molecule has 210 valence electrons. The van der Waals surface area contributed by atoms with Crippen LogP contribution >= 0.6 is 0 Å². The normalized spacial score (nSPS) is 12.0. The molecule has 9 nitrogen and oxygen atoms in total. The summed E-state index contributed by atoms with van der Waals surface area (Å²) >= 11 is 0. The second kappa shape index (κ2) is 22.9. The zero-order chi connectivity index (χ0) is 28.8. The minimum atomic E-state index is -2.47. The fourth-order valence-electron chi connectivity index (χ4n) is 1.55. The van der Waals surface area contributed by atoms with Crippen LogP contribution in [0.15, 0.2) is 23.7 Å². The van der Waals surface area contributed by atoms with Crippen LogP contribution in [0.2, 0.25) is 39.3 Å². The summed E-state index contributed by atoms with van der Waals surface area (Å²) in [5, 5.41) is 8.34. The predicted octanol–water partition coefficient (Wildman–Crippen LogP) is 2.96. The number of hydrogen-bond donors (Lipinski definition) is 1. The average Bonchev–Trinajstić information content (AvgIpc) is 2.83. The van der Waals surface area contributed by atoms with Gasteiger partial charge in [0.15, 0.2) is 0 Å². The Hall–Kier alpha value is -0.236. The first-order valence-corrected chi connectivity index (χ1v) is 23.3. The Morgan fingerprint density at radius 2 is 1.03 bits per heavy atom. The van der Waals surface area contributed by atoms with Gasteiger partial charge >= 0.3 is 26.9 Å². The Bertz CT molecular complexity index is 539. The minimum absolute atomic E-state index is 0.0486. The van der Waals surface area contributed by atoms with E-state index >= 15 is 0 Å². The molecule has 0 radical (unpaired) electrons. The summed E-state index contributed by atoms with van der Waals surface area (Å²) in [7, 11) is 3.74. The van der Waals surface area contributed by atoms with Crippen molar-refractivity contribution in [3.8, 4) is 12.0 Å². The van der Waals surface area contributed by atoms with Crippen LogP contribution in [0.1, 0.15) is 0 Å². The molecule has 35 heavy (non-hydrogen) atoms. The number of rotatable bonds is 12. The maximum atomic E-state index is 8.34. The van der Waals surface area contributed by atoms with E-state index < -0.39 is 43.0 Å². The molecule has 0 aromatic heterocycles. The lowest BCUT2D eigenvalue weighted by Crippen LogP contribution is -2.41. The van der Waals surface area contributed by atoms with Crippen molar-refractivity contribution >= 4 is 43.0 Å². The van der Waals surface area contributed by atoms with E-state index in [0.717, 1.165) is 0 Å². The molecule has 0 heterocycles. The summed E-state index contributed by atoms with van der Waals surface area (Å²) in [4.78, 5) is 0. The zero-order valence-corrected chi connectivity index (χ0v) is 29.7. The lowest BCUT2D eigenvalue weighted by atomic mass is 11.2. The van der Waals surface area contributed by atoms with Gasteiger partial charge in [0.25, 0.3) is 0 Å². The molecule has 0 aromatic rings. The molecule has 0 saturated heterocycles. The van der Waals surface area contributed by atoms with Gasteiger partial charge in [-0.1, -0.05) is 51.6 Å². The van der Waals surface area contributed by atoms with Crippen molar-refractivity contribution in [3.05, 3.63) is 23.7 Å². The largest absolute Gasteiger partial charge is 0.528 e. The van der Waals surface area contributed by atoms with Crippen LogP contribution in [0.5, 0.6) is 0 Å². The highest BCUT2D eigenvalue weighted by Crippen LogP contribution is 2.11. The lowest BCUT2D eigenvalue weighted by Gasteiger charge is -2.21. The summed E-state index contributed by atoms with van der Waals surface area (Å²) in [5.41, 5.74) is 8.48. The van der Waals surface area contributed by atoms with Gasteiger partial charge in [-0.05, 0) is 11.4 Å². The van der Waals surface area contributed by atoms with Crippen LogP contribution in [0.25, 0.3) is 0 Å². The van der Waals surface area contributed by atoms with Gasteiger partial charge in [-0.15, -0.1) is 12.0 Å². The van der Waals surface area contributed by atoms with Crippen LogP contribution in [0, 0.1) is 12.0 Å². The van der Waals surface area contributed by atoms with E-state index in [1.165, 1.54) is 14.2 Å². The van der Waals surface area contributed by atoms with Gasteiger partial charge in [0.2, 0.25) is 0 Å². The molecule has 0 bridgehead atoms. The van der Waals surface area contributed by atoms with Crippen molar-refractivity contribution in [1.82, 2.24) is 0 Å². The summed E-state index contributed by atoms with van der Waals surface area (Å²) in [6.45, 7) is 16.7. The zero-order valence-electron chi connectivity index (χ0n) is 24.5. The summed E-state index contributed by atoms with van der Waals surface area (Å²) in [6.07, 6.45) is 5.17. The highest BCUT2D eigenvalue weighted by atomic mass is 28.4. The van der Waals surface area contributed by atoms with E-state index in [1.54, 1.807) is 48.4 Å². The summed E-state index contributed by atoms with van der Waals surface area (Å²) in [6, 6.07) is 0. The Balaban J connectivity index is -0.000000192. The molecule has 0 aliphatic carbocycles. The van der Waals surface area contributed by atoms with Crippen molar-refractivity contribution < 1.29 is 40.5 Å². The number of terminal acetylenes is 1. The van der Waals surface area contributed by atoms with E-state index in [9.17, 15) is 0 Å². The first kappa shape index (κ1) is 41.9. The third-order valence-corrected chi connectivity index (χ3v) is 12.1. The molecule has 0 aromatic carbocycles. The molecular formula is C21H52O9Si5. The molecule has 0 aliphatic heterocycles. The third-order valence-electron chi connectivity index (χ3n) is 3.85. The van der Waals surface area contributed by atoms with Crippen molar-refractivity contribution in [2.75, 3.05) is 63.1 Å². The van der Waals surface area contributed by atoms with Crippen LogP contribution in [-0.2, 0) is 35.4 Å². The van der Waals surface area contributed by atoms with E-state index in [2.05, 4.69) is 57.1 Å². The van der Waals surface area contributed by atoms with Crippen molar-refractivity contribution in [2.24, 2.45) is 0 Å². The topological polar surface area (TPSA) is 94.1 Å². The van der Waals surface area contributed by atoms with Crippen LogP contribution < -0.4 is 0 Å².